The van der Waals surface area contributed by atoms with Gasteiger partial charge in [0.25, 0.3) is 0 Å². The van der Waals surface area contributed by atoms with Gasteiger partial charge in [-0.3, -0.25) is 0 Å². The minimum Gasteiger partial charge on any atom is -0.0817 e. The van der Waals surface area contributed by atoms with E-state index < -0.39 is 0 Å². The first-order valence-electron chi connectivity index (χ1n) is 12.2. The molecule has 0 aliphatic carbocycles. The first kappa shape index (κ1) is 23.8. The van der Waals surface area contributed by atoms with Crippen LogP contribution in [0.2, 0.25) is 0 Å². The van der Waals surface area contributed by atoms with Gasteiger partial charge < -0.3 is 0 Å². The van der Waals surface area contributed by atoms with Gasteiger partial charge in [-0.1, -0.05) is 108 Å². The van der Waals surface area contributed by atoms with Crippen LogP contribution in [-0.4, -0.2) is 0 Å². The van der Waals surface area contributed by atoms with Crippen molar-refractivity contribution in [2.45, 2.75) is 54.9 Å². The molecule has 0 aliphatic rings. The van der Waals surface area contributed by atoms with Crippen LogP contribution >= 0.6 is 0 Å². The van der Waals surface area contributed by atoms with Crippen LogP contribution in [0.4, 0.5) is 0 Å². The van der Waals surface area contributed by atoms with Crippen LogP contribution in [0.1, 0.15) is 59.1 Å². The van der Waals surface area contributed by atoms with Crippen molar-refractivity contribution in [1.29, 1.82) is 0 Å². The maximum atomic E-state index is 2.43. The van der Waals surface area contributed by atoms with Crippen LogP contribution < -0.4 is 0 Å². The molecule has 4 rings (SSSR count). The SMILES string of the molecule is CC.CCC(C)C(/C=C/C(C)C)=C\c1c(C)ccc2c1ccc1cc3ccccc3cc12. The topological polar surface area (TPSA) is 0 Å². The zero-order valence-corrected chi connectivity index (χ0v) is 20.9. The largest absolute Gasteiger partial charge is 0.0817 e. The number of allylic oxidation sites excluding steroid dienone is 3. The molecule has 0 aromatic heterocycles. The highest BCUT2D eigenvalue weighted by Gasteiger charge is 2.10. The number of aryl methyl sites for hydroxylation is 1. The van der Waals surface area contributed by atoms with E-state index in [4.69, 9.17) is 0 Å². The molecule has 0 radical (unpaired) electrons. The normalized spacial score (nSPS) is 13.2. The van der Waals surface area contributed by atoms with E-state index in [9.17, 15) is 0 Å². The van der Waals surface area contributed by atoms with E-state index in [1.165, 1.54) is 49.0 Å². The Morgan fingerprint density at radius 1 is 0.781 bits per heavy atom. The van der Waals surface area contributed by atoms with Crippen LogP contribution in [0.25, 0.3) is 38.4 Å². The summed E-state index contributed by atoms with van der Waals surface area (Å²) >= 11 is 0. The maximum Gasteiger partial charge on any atom is -0.00988 e. The van der Waals surface area contributed by atoms with Crippen molar-refractivity contribution < 1.29 is 0 Å². The Morgan fingerprint density at radius 2 is 1.44 bits per heavy atom. The molecule has 4 aromatic carbocycles. The van der Waals surface area contributed by atoms with Gasteiger partial charge in [-0.05, 0) is 86.3 Å². The van der Waals surface area contributed by atoms with Gasteiger partial charge in [-0.15, -0.1) is 0 Å². The summed E-state index contributed by atoms with van der Waals surface area (Å²) in [6, 6.07) is 22.5. The molecule has 4 aromatic rings. The van der Waals surface area contributed by atoms with Crippen LogP contribution in [0.5, 0.6) is 0 Å². The molecular weight excluding hydrogens is 384 g/mol. The Bertz CT molecular complexity index is 1270. The highest BCUT2D eigenvalue weighted by molar-refractivity contribution is 6.14. The molecule has 0 N–H and O–H groups in total. The van der Waals surface area contributed by atoms with Gasteiger partial charge in [0.1, 0.15) is 0 Å². The van der Waals surface area contributed by atoms with Crippen molar-refractivity contribution in [3.8, 4) is 0 Å². The van der Waals surface area contributed by atoms with Gasteiger partial charge in [0, 0.05) is 0 Å². The second-order valence-corrected chi connectivity index (χ2v) is 8.93. The Labute approximate surface area is 194 Å². The summed E-state index contributed by atoms with van der Waals surface area (Å²) in [5.74, 6) is 1.10. The lowest BCUT2D eigenvalue weighted by atomic mass is 9.90. The van der Waals surface area contributed by atoms with Gasteiger partial charge in [0.2, 0.25) is 0 Å². The number of fused-ring (bicyclic) bond motifs is 4. The highest BCUT2D eigenvalue weighted by Crippen LogP contribution is 2.34. The molecule has 32 heavy (non-hydrogen) atoms. The zero-order valence-electron chi connectivity index (χ0n) is 20.9. The molecule has 0 heterocycles. The quantitative estimate of drug-likeness (QED) is 0.170. The maximum absolute atomic E-state index is 2.43. The molecule has 0 bridgehead atoms. The van der Waals surface area contributed by atoms with Gasteiger partial charge in [-0.25, -0.2) is 0 Å². The van der Waals surface area contributed by atoms with Crippen molar-refractivity contribution in [2.24, 2.45) is 11.8 Å². The van der Waals surface area contributed by atoms with E-state index in [1.807, 2.05) is 13.8 Å². The van der Waals surface area contributed by atoms with Gasteiger partial charge in [0.05, 0.1) is 0 Å². The summed E-state index contributed by atoms with van der Waals surface area (Å²) in [5.41, 5.74) is 4.10. The van der Waals surface area contributed by atoms with E-state index in [0.717, 1.165) is 6.42 Å². The van der Waals surface area contributed by atoms with Crippen LogP contribution in [0.15, 0.2) is 78.4 Å². The van der Waals surface area contributed by atoms with E-state index in [2.05, 4.69) is 114 Å². The van der Waals surface area contributed by atoms with E-state index in [-0.39, 0.29) is 0 Å². The summed E-state index contributed by atoms with van der Waals surface area (Å²) < 4.78 is 0. The van der Waals surface area contributed by atoms with Crippen molar-refractivity contribution in [3.05, 3.63) is 89.5 Å². The lowest BCUT2D eigenvalue weighted by Gasteiger charge is -2.15. The van der Waals surface area contributed by atoms with E-state index in [1.54, 1.807) is 0 Å². The molecule has 0 fully saturated rings. The Hall–Kier alpha value is -2.86. The third-order valence-electron chi connectivity index (χ3n) is 6.31. The van der Waals surface area contributed by atoms with Crippen molar-refractivity contribution in [3.63, 3.8) is 0 Å². The molecule has 0 saturated carbocycles. The Balaban J connectivity index is 0.00000141. The second-order valence-electron chi connectivity index (χ2n) is 8.93. The van der Waals surface area contributed by atoms with Crippen LogP contribution in [0, 0.1) is 18.8 Å². The molecule has 0 heteroatoms. The minimum atomic E-state index is 0.541. The molecule has 0 nitrogen and oxygen atoms in total. The molecule has 1 atom stereocenters. The minimum absolute atomic E-state index is 0.541. The van der Waals surface area contributed by atoms with Crippen molar-refractivity contribution >= 4 is 38.4 Å². The van der Waals surface area contributed by atoms with Crippen LogP contribution in [0.3, 0.4) is 0 Å². The fourth-order valence-corrected chi connectivity index (χ4v) is 4.21. The average molecular weight is 423 g/mol. The fourth-order valence-electron chi connectivity index (χ4n) is 4.21. The molecule has 0 aliphatic heterocycles. The van der Waals surface area contributed by atoms with E-state index in [0.29, 0.717) is 11.8 Å². The highest BCUT2D eigenvalue weighted by atomic mass is 14.1. The molecule has 166 valence electrons. The number of rotatable bonds is 5. The number of hydrogen-bond acceptors (Lipinski definition) is 0. The monoisotopic (exact) mass is 422 g/mol. The standard InChI is InChI=1S/C30H32.C2H6/c1-6-21(4)23(13-11-20(2)3)18-29-22(5)12-15-28-27(29)16-14-26-17-24-9-7-8-10-25(24)19-30(26)28;1-2/h7-21H,6H2,1-5H3;1-2H3/b13-11+,23-18-;. The average Bonchev–Trinajstić information content (AvgIpc) is 2.82. The van der Waals surface area contributed by atoms with E-state index >= 15 is 0 Å². The lowest BCUT2D eigenvalue weighted by Crippen LogP contribution is -1.97. The summed E-state index contributed by atoms with van der Waals surface area (Å²) in [4.78, 5) is 0. The molecule has 0 saturated heterocycles. The van der Waals surface area contributed by atoms with Crippen LogP contribution in [-0.2, 0) is 0 Å². The fraction of sp³-hybridized carbons (Fsp3) is 0.312. The first-order valence-corrected chi connectivity index (χ1v) is 12.2. The summed E-state index contributed by atoms with van der Waals surface area (Å²) in [7, 11) is 0. The third kappa shape index (κ3) is 4.96. The summed E-state index contributed by atoms with van der Waals surface area (Å²) in [6.07, 6.45) is 8.23. The predicted octanol–water partition coefficient (Wildman–Crippen LogP) is 10.1. The number of benzene rings is 4. The molecule has 1 unspecified atom stereocenters. The van der Waals surface area contributed by atoms with Crippen molar-refractivity contribution in [2.75, 3.05) is 0 Å². The first-order chi connectivity index (χ1) is 15.5. The summed E-state index contributed by atoms with van der Waals surface area (Å²) in [6.45, 7) is 15.3. The van der Waals surface area contributed by atoms with Gasteiger partial charge >= 0.3 is 0 Å². The zero-order chi connectivity index (χ0) is 23.3. The number of hydrogen-bond donors (Lipinski definition) is 0. The Kier molecular flexibility index (Phi) is 7.91. The smallest absolute Gasteiger partial charge is 0.00988 e. The summed E-state index contributed by atoms with van der Waals surface area (Å²) in [5, 5.41) is 7.93. The molecular formula is C32H38. The lowest BCUT2D eigenvalue weighted by molar-refractivity contribution is 0.672. The van der Waals surface area contributed by atoms with Gasteiger partial charge in [0.15, 0.2) is 0 Å². The third-order valence-corrected chi connectivity index (χ3v) is 6.31. The van der Waals surface area contributed by atoms with Crippen molar-refractivity contribution in [1.82, 2.24) is 0 Å². The molecule has 0 spiro atoms. The predicted molar refractivity (Wildman–Crippen MR) is 146 cm³/mol. The van der Waals surface area contributed by atoms with Gasteiger partial charge in [-0.2, -0.15) is 0 Å². The Morgan fingerprint density at radius 3 is 2.09 bits per heavy atom. The molecule has 0 amide bonds. The second kappa shape index (κ2) is 10.6.